The number of hydrogen-bond acceptors (Lipinski definition) is 2. The van der Waals surface area contributed by atoms with Crippen LogP contribution in [0.15, 0.2) is 0 Å². The smallest absolute Gasteiger partial charge is 0.0375 e. The van der Waals surface area contributed by atoms with E-state index in [-0.39, 0.29) is 10.2 Å². The normalized spacial score (nSPS) is 15.6. The molecular weight excluding hydrogens is 194 g/mol. The van der Waals surface area contributed by atoms with E-state index < -0.39 is 10.8 Å². The van der Waals surface area contributed by atoms with Crippen molar-refractivity contribution in [3.05, 3.63) is 0 Å². The van der Waals surface area contributed by atoms with Crippen molar-refractivity contribution in [2.45, 2.75) is 52.2 Å². The predicted molar refractivity (Wildman–Crippen MR) is 64.8 cm³/mol. The number of nitrogens with two attached hydrogens (primary N) is 1. The van der Waals surface area contributed by atoms with E-state index in [9.17, 15) is 4.21 Å². The fourth-order valence-corrected chi connectivity index (χ4v) is 2.11. The van der Waals surface area contributed by atoms with Gasteiger partial charge in [0.25, 0.3) is 0 Å². The number of rotatable bonds is 5. The Balaban J connectivity index is 3.82. The summed E-state index contributed by atoms with van der Waals surface area (Å²) in [5.74, 6) is 0.799. The maximum atomic E-state index is 11.7. The summed E-state index contributed by atoms with van der Waals surface area (Å²) in [7, 11) is -0.715. The highest BCUT2D eigenvalue weighted by molar-refractivity contribution is 7.86. The molecule has 14 heavy (non-hydrogen) atoms. The van der Waals surface area contributed by atoms with Gasteiger partial charge in [-0.2, -0.15) is 0 Å². The van der Waals surface area contributed by atoms with Gasteiger partial charge in [-0.15, -0.1) is 0 Å². The molecule has 0 aromatic rings. The average molecular weight is 219 g/mol. The Hall–Kier alpha value is 0.110. The maximum absolute atomic E-state index is 11.7. The van der Waals surface area contributed by atoms with Crippen molar-refractivity contribution in [2.24, 2.45) is 11.1 Å². The highest BCUT2D eigenvalue weighted by Crippen LogP contribution is 2.21. The predicted octanol–water partition coefficient (Wildman–Crippen LogP) is 2.30. The molecule has 0 aliphatic heterocycles. The first-order chi connectivity index (χ1) is 6.19. The molecule has 1 unspecified atom stereocenters. The lowest BCUT2D eigenvalue weighted by Crippen LogP contribution is -2.27. The second-order valence-corrected chi connectivity index (χ2v) is 7.96. The van der Waals surface area contributed by atoms with Crippen molar-refractivity contribution >= 4 is 10.8 Å². The zero-order valence-corrected chi connectivity index (χ0v) is 11.0. The van der Waals surface area contributed by atoms with Gasteiger partial charge in [0.05, 0.1) is 0 Å². The van der Waals surface area contributed by atoms with Crippen LogP contribution >= 0.6 is 0 Å². The van der Waals surface area contributed by atoms with Crippen LogP contribution in [0.4, 0.5) is 0 Å². The molecular formula is C11H25NOS. The zero-order valence-electron chi connectivity index (χ0n) is 10.2. The lowest BCUT2D eigenvalue weighted by atomic mass is 9.88. The molecule has 0 saturated heterocycles. The van der Waals surface area contributed by atoms with Crippen molar-refractivity contribution in [1.29, 1.82) is 0 Å². The Labute approximate surface area is 91.1 Å². The first kappa shape index (κ1) is 14.1. The minimum Gasteiger partial charge on any atom is -0.330 e. The van der Waals surface area contributed by atoms with Gasteiger partial charge in [-0.3, -0.25) is 4.21 Å². The molecule has 0 aromatic heterocycles. The van der Waals surface area contributed by atoms with Crippen molar-refractivity contribution < 1.29 is 4.21 Å². The Kier molecular flexibility index (Phi) is 5.31. The molecule has 0 aliphatic rings. The molecule has 2 nitrogen and oxygen atoms in total. The SMILES string of the molecule is CC(C)(CN)CCCS(=O)C(C)(C)C. The van der Waals surface area contributed by atoms with Crippen LogP contribution in [0.5, 0.6) is 0 Å². The lowest BCUT2D eigenvalue weighted by Gasteiger charge is -2.23. The van der Waals surface area contributed by atoms with Crippen LogP contribution in [-0.4, -0.2) is 21.3 Å². The molecule has 0 saturated carbocycles. The summed E-state index contributed by atoms with van der Waals surface area (Å²) in [6.45, 7) is 11.1. The monoisotopic (exact) mass is 219 g/mol. The highest BCUT2D eigenvalue weighted by Gasteiger charge is 2.20. The summed E-state index contributed by atoms with van der Waals surface area (Å²) in [6, 6.07) is 0. The molecule has 3 heteroatoms. The van der Waals surface area contributed by atoms with E-state index >= 15 is 0 Å². The third-order valence-corrected chi connectivity index (χ3v) is 4.44. The molecule has 0 fully saturated rings. The summed E-state index contributed by atoms with van der Waals surface area (Å²) < 4.78 is 11.6. The van der Waals surface area contributed by atoms with Crippen molar-refractivity contribution in [2.75, 3.05) is 12.3 Å². The van der Waals surface area contributed by atoms with E-state index in [2.05, 4.69) is 13.8 Å². The molecule has 0 bridgehead atoms. The van der Waals surface area contributed by atoms with Crippen LogP contribution in [0.1, 0.15) is 47.5 Å². The fourth-order valence-electron chi connectivity index (χ4n) is 1.09. The standard InChI is InChI=1S/C11H25NOS/c1-10(2,3)14(13)8-6-7-11(4,5)9-12/h6-9,12H2,1-5H3. The minimum absolute atomic E-state index is 0.0765. The average Bonchev–Trinajstić information content (AvgIpc) is 2.02. The van der Waals surface area contributed by atoms with Crippen molar-refractivity contribution in [1.82, 2.24) is 0 Å². The van der Waals surface area contributed by atoms with Gasteiger partial charge >= 0.3 is 0 Å². The molecule has 0 radical (unpaired) electrons. The van der Waals surface area contributed by atoms with Gasteiger partial charge in [0.15, 0.2) is 0 Å². The second kappa shape index (κ2) is 5.26. The van der Waals surface area contributed by atoms with E-state index in [1.54, 1.807) is 0 Å². The molecule has 0 aliphatic carbocycles. The third kappa shape index (κ3) is 5.76. The van der Waals surface area contributed by atoms with Crippen molar-refractivity contribution in [3.63, 3.8) is 0 Å². The van der Waals surface area contributed by atoms with Crippen LogP contribution in [0, 0.1) is 5.41 Å². The fraction of sp³-hybridized carbons (Fsp3) is 1.00. The van der Waals surface area contributed by atoms with Crippen LogP contribution in [-0.2, 0) is 10.8 Å². The summed E-state index contributed by atoms with van der Waals surface area (Å²) >= 11 is 0. The maximum Gasteiger partial charge on any atom is 0.0375 e. The Morgan fingerprint density at radius 2 is 1.64 bits per heavy atom. The van der Waals surface area contributed by atoms with E-state index in [0.717, 1.165) is 18.6 Å². The van der Waals surface area contributed by atoms with Crippen LogP contribution in [0.3, 0.4) is 0 Å². The zero-order chi connectivity index (χ0) is 11.4. The van der Waals surface area contributed by atoms with Gasteiger partial charge in [-0.05, 0) is 45.6 Å². The molecule has 0 aromatic carbocycles. The van der Waals surface area contributed by atoms with Crippen LogP contribution in [0.2, 0.25) is 0 Å². The third-order valence-electron chi connectivity index (χ3n) is 2.42. The molecule has 0 amide bonds. The first-order valence-corrected chi connectivity index (χ1v) is 6.59. The second-order valence-electron chi connectivity index (χ2n) is 5.63. The lowest BCUT2D eigenvalue weighted by molar-refractivity contribution is 0.344. The Morgan fingerprint density at radius 3 is 2.00 bits per heavy atom. The summed E-state index contributed by atoms with van der Waals surface area (Å²) in [6.07, 6.45) is 2.07. The quantitative estimate of drug-likeness (QED) is 0.771. The van der Waals surface area contributed by atoms with E-state index in [1.807, 2.05) is 20.8 Å². The van der Waals surface area contributed by atoms with Crippen LogP contribution < -0.4 is 5.73 Å². The van der Waals surface area contributed by atoms with Crippen LogP contribution in [0.25, 0.3) is 0 Å². The Bertz CT molecular complexity index is 194. The largest absolute Gasteiger partial charge is 0.330 e. The molecule has 0 heterocycles. The van der Waals surface area contributed by atoms with Gasteiger partial charge in [0.1, 0.15) is 0 Å². The first-order valence-electron chi connectivity index (χ1n) is 5.27. The van der Waals surface area contributed by atoms with Crippen molar-refractivity contribution in [3.8, 4) is 0 Å². The van der Waals surface area contributed by atoms with Gasteiger partial charge in [0.2, 0.25) is 0 Å². The van der Waals surface area contributed by atoms with Gasteiger partial charge in [-0.1, -0.05) is 13.8 Å². The molecule has 0 rings (SSSR count). The summed E-state index contributed by atoms with van der Waals surface area (Å²) in [5, 5.41) is 0. The van der Waals surface area contributed by atoms with E-state index in [4.69, 9.17) is 5.73 Å². The summed E-state index contributed by atoms with van der Waals surface area (Å²) in [5.41, 5.74) is 5.83. The number of hydrogen-bond donors (Lipinski definition) is 1. The minimum atomic E-state index is -0.715. The Morgan fingerprint density at radius 1 is 1.14 bits per heavy atom. The van der Waals surface area contributed by atoms with Gasteiger partial charge in [-0.25, -0.2) is 0 Å². The summed E-state index contributed by atoms with van der Waals surface area (Å²) in [4.78, 5) is 0. The van der Waals surface area contributed by atoms with Gasteiger partial charge < -0.3 is 5.73 Å². The van der Waals surface area contributed by atoms with Gasteiger partial charge in [0, 0.05) is 21.3 Å². The topological polar surface area (TPSA) is 43.1 Å². The highest BCUT2D eigenvalue weighted by atomic mass is 32.2. The molecule has 86 valence electrons. The van der Waals surface area contributed by atoms with E-state index in [0.29, 0.717) is 6.54 Å². The molecule has 0 spiro atoms. The molecule has 1 atom stereocenters. The van der Waals surface area contributed by atoms with E-state index in [1.165, 1.54) is 0 Å². The molecule has 2 N–H and O–H groups in total.